The van der Waals surface area contributed by atoms with E-state index in [9.17, 15) is 22.0 Å². The van der Waals surface area contributed by atoms with Crippen molar-refractivity contribution >= 4 is 27.3 Å². The SMILES string of the molecule is CC(C)(C)S(=O)(=O)NC(=O)c1cnc2ccc(N3C[C@@H](F)C[C@@H]3c3cc(F)ccc3OC3CCOC3)cn12. The third-order valence-electron chi connectivity index (χ3n) is 6.85. The summed E-state index contributed by atoms with van der Waals surface area (Å²) in [5.41, 5.74) is 1.51. The van der Waals surface area contributed by atoms with E-state index >= 15 is 0 Å². The van der Waals surface area contributed by atoms with Gasteiger partial charge in [0.2, 0.25) is 10.0 Å². The number of ether oxygens (including phenoxy) is 2. The molecule has 2 saturated heterocycles. The Morgan fingerprint density at radius 2 is 2.03 bits per heavy atom. The summed E-state index contributed by atoms with van der Waals surface area (Å²) in [7, 11) is -3.95. The number of carbonyl (C=O) groups is 1. The zero-order valence-electron chi connectivity index (χ0n) is 21.4. The van der Waals surface area contributed by atoms with Gasteiger partial charge >= 0.3 is 0 Å². The van der Waals surface area contributed by atoms with E-state index in [1.54, 1.807) is 29.3 Å². The van der Waals surface area contributed by atoms with Crippen LogP contribution in [-0.2, 0) is 14.8 Å². The Balaban J connectivity index is 1.49. The summed E-state index contributed by atoms with van der Waals surface area (Å²) in [4.78, 5) is 18.9. The van der Waals surface area contributed by atoms with Crippen LogP contribution < -0.4 is 14.4 Å². The normalized spacial score (nSPS) is 22.2. The van der Waals surface area contributed by atoms with Gasteiger partial charge in [-0.1, -0.05) is 0 Å². The fourth-order valence-electron chi connectivity index (χ4n) is 4.67. The van der Waals surface area contributed by atoms with Crippen molar-refractivity contribution < 1.29 is 31.5 Å². The quantitative estimate of drug-likeness (QED) is 0.500. The van der Waals surface area contributed by atoms with Crippen LogP contribution in [0.15, 0.2) is 42.7 Å². The molecule has 38 heavy (non-hydrogen) atoms. The number of alkyl halides is 1. The van der Waals surface area contributed by atoms with E-state index in [1.807, 2.05) is 0 Å². The molecular weight excluding hydrogens is 518 g/mol. The number of rotatable bonds is 6. The number of fused-ring (bicyclic) bond motifs is 1. The summed E-state index contributed by atoms with van der Waals surface area (Å²) in [6, 6.07) is 7.11. The molecule has 5 rings (SSSR count). The van der Waals surface area contributed by atoms with Crippen molar-refractivity contribution in [3.05, 3.63) is 59.8 Å². The van der Waals surface area contributed by atoms with Crippen LogP contribution >= 0.6 is 0 Å². The maximum atomic E-state index is 14.8. The number of carbonyl (C=O) groups excluding carboxylic acids is 1. The number of sulfonamides is 1. The van der Waals surface area contributed by atoms with Crippen molar-refractivity contribution in [1.29, 1.82) is 0 Å². The number of benzene rings is 1. The third-order valence-corrected chi connectivity index (χ3v) is 8.92. The second kappa shape index (κ2) is 9.81. The second-order valence-corrected chi connectivity index (χ2v) is 13.0. The predicted molar refractivity (Wildman–Crippen MR) is 137 cm³/mol. The zero-order chi connectivity index (χ0) is 27.2. The number of imidazole rings is 1. The maximum absolute atomic E-state index is 14.8. The van der Waals surface area contributed by atoms with Gasteiger partial charge in [-0.15, -0.1) is 0 Å². The van der Waals surface area contributed by atoms with Gasteiger partial charge in [0.25, 0.3) is 5.91 Å². The van der Waals surface area contributed by atoms with Gasteiger partial charge in [-0.2, -0.15) is 0 Å². The van der Waals surface area contributed by atoms with E-state index in [4.69, 9.17) is 9.47 Å². The highest BCUT2D eigenvalue weighted by molar-refractivity contribution is 7.91. The van der Waals surface area contributed by atoms with Crippen LogP contribution in [0.2, 0.25) is 0 Å². The lowest BCUT2D eigenvalue weighted by Gasteiger charge is -2.29. The maximum Gasteiger partial charge on any atom is 0.283 e. The minimum Gasteiger partial charge on any atom is -0.488 e. The van der Waals surface area contributed by atoms with Crippen LogP contribution in [0.3, 0.4) is 0 Å². The molecule has 204 valence electrons. The first kappa shape index (κ1) is 26.4. The minimum atomic E-state index is -3.95. The molecule has 3 atom stereocenters. The summed E-state index contributed by atoms with van der Waals surface area (Å²) in [5.74, 6) is -0.811. The first-order chi connectivity index (χ1) is 17.9. The molecule has 0 saturated carbocycles. The Kier molecular flexibility index (Phi) is 6.80. The number of halogens is 2. The fraction of sp³-hybridized carbons (Fsp3) is 0.462. The van der Waals surface area contributed by atoms with E-state index in [1.165, 1.54) is 43.5 Å². The highest BCUT2D eigenvalue weighted by atomic mass is 32.2. The predicted octanol–water partition coefficient (Wildman–Crippen LogP) is 3.79. The Morgan fingerprint density at radius 1 is 1.24 bits per heavy atom. The highest BCUT2D eigenvalue weighted by Crippen LogP contribution is 2.42. The van der Waals surface area contributed by atoms with Gasteiger partial charge in [-0.25, -0.2) is 26.9 Å². The van der Waals surface area contributed by atoms with Crippen molar-refractivity contribution in [3.63, 3.8) is 0 Å². The summed E-state index contributed by atoms with van der Waals surface area (Å²) in [6.45, 7) is 5.53. The lowest BCUT2D eigenvalue weighted by molar-refractivity contribution is 0.0975. The molecule has 0 bridgehead atoms. The van der Waals surface area contributed by atoms with E-state index < -0.39 is 38.7 Å². The Labute approximate surface area is 219 Å². The molecule has 1 amide bonds. The Hall–Kier alpha value is -3.25. The van der Waals surface area contributed by atoms with Crippen LogP contribution in [0.4, 0.5) is 14.5 Å². The van der Waals surface area contributed by atoms with Crippen LogP contribution in [0, 0.1) is 5.82 Å². The number of nitrogens with one attached hydrogen (secondary N) is 1. The number of hydrogen-bond donors (Lipinski definition) is 1. The molecule has 1 unspecified atom stereocenters. The fourth-order valence-corrected chi connectivity index (χ4v) is 5.33. The first-order valence-corrected chi connectivity index (χ1v) is 13.9. The average Bonchev–Trinajstić information content (AvgIpc) is 3.58. The van der Waals surface area contributed by atoms with E-state index in [-0.39, 0.29) is 24.8 Å². The van der Waals surface area contributed by atoms with Gasteiger partial charge in [0, 0.05) is 31.1 Å². The second-order valence-electron chi connectivity index (χ2n) is 10.6. The molecule has 3 aromatic rings. The van der Waals surface area contributed by atoms with Gasteiger partial charge in [0.15, 0.2) is 0 Å². The molecule has 9 nitrogen and oxygen atoms in total. The van der Waals surface area contributed by atoms with Gasteiger partial charge in [0.1, 0.15) is 35.2 Å². The molecule has 4 heterocycles. The van der Waals surface area contributed by atoms with Crippen molar-refractivity contribution in [2.24, 2.45) is 0 Å². The molecule has 12 heteroatoms. The summed E-state index contributed by atoms with van der Waals surface area (Å²) >= 11 is 0. The minimum absolute atomic E-state index is 0.0123. The Bertz CT molecular complexity index is 1460. The molecule has 2 aliphatic rings. The number of amides is 1. The topological polar surface area (TPSA) is 102 Å². The smallest absolute Gasteiger partial charge is 0.283 e. The molecule has 1 N–H and O–H groups in total. The largest absolute Gasteiger partial charge is 0.488 e. The van der Waals surface area contributed by atoms with Gasteiger partial charge in [0.05, 0.1) is 35.9 Å². The summed E-state index contributed by atoms with van der Waals surface area (Å²) < 4.78 is 68.1. The van der Waals surface area contributed by atoms with Crippen molar-refractivity contribution in [1.82, 2.24) is 14.1 Å². The number of anilines is 1. The number of hydrogen-bond acceptors (Lipinski definition) is 7. The molecule has 0 radical (unpaired) electrons. The standard InChI is InChI=1S/C26H30F2N4O5S/c1-26(2,3)38(34,35)30-25(33)22-12-29-24-7-5-18(14-32(22)24)31-13-17(28)11-21(31)20-10-16(27)4-6-23(20)37-19-8-9-36-15-19/h4-7,10,12,14,17,19,21H,8-9,11,13,15H2,1-3H3,(H,30,33)/t17-,19?,21+/m0/s1. The number of pyridine rings is 1. The van der Waals surface area contributed by atoms with Crippen LogP contribution in [-0.4, -0.2) is 60.5 Å². The van der Waals surface area contributed by atoms with Crippen molar-refractivity contribution in [2.75, 3.05) is 24.7 Å². The third kappa shape index (κ3) is 5.06. The molecule has 2 aliphatic heterocycles. The average molecular weight is 549 g/mol. The van der Waals surface area contributed by atoms with E-state index in [0.717, 1.165) is 0 Å². The lowest BCUT2D eigenvalue weighted by atomic mass is 10.0. The van der Waals surface area contributed by atoms with Gasteiger partial charge in [-0.05, 0) is 51.1 Å². The highest BCUT2D eigenvalue weighted by Gasteiger charge is 2.37. The number of nitrogens with zero attached hydrogens (tertiary/aromatic N) is 3. The molecule has 0 spiro atoms. The van der Waals surface area contributed by atoms with E-state index in [0.29, 0.717) is 42.3 Å². The molecule has 0 aliphatic carbocycles. The van der Waals surface area contributed by atoms with E-state index in [2.05, 4.69) is 9.71 Å². The van der Waals surface area contributed by atoms with Crippen molar-refractivity contribution in [3.8, 4) is 5.75 Å². The van der Waals surface area contributed by atoms with Crippen LogP contribution in [0.1, 0.15) is 55.7 Å². The van der Waals surface area contributed by atoms with Gasteiger partial charge in [-0.3, -0.25) is 9.20 Å². The van der Waals surface area contributed by atoms with Crippen LogP contribution in [0.25, 0.3) is 5.65 Å². The van der Waals surface area contributed by atoms with Crippen molar-refractivity contribution in [2.45, 2.75) is 56.7 Å². The summed E-state index contributed by atoms with van der Waals surface area (Å²) in [5, 5.41) is 0. The molecule has 2 aromatic heterocycles. The monoisotopic (exact) mass is 548 g/mol. The molecule has 1 aromatic carbocycles. The summed E-state index contributed by atoms with van der Waals surface area (Å²) in [6.07, 6.45) is 2.39. The molecule has 2 fully saturated rings. The molecular formula is C26H30F2N4O5S. The van der Waals surface area contributed by atoms with Crippen LogP contribution in [0.5, 0.6) is 5.75 Å². The van der Waals surface area contributed by atoms with Gasteiger partial charge < -0.3 is 14.4 Å². The zero-order valence-corrected chi connectivity index (χ0v) is 22.2. The lowest BCUT2D eigenvalue weighted by Crippen LogP contribution is -2.42. The Morgan fingerprint density at radius 3 is 2.74 bits per heavy atom. The number of aromatic nitrogens is 2. The first-order valence-electron chi connectivity index (χ1n) is 12.4.